The monoisotopic (exact) mass is 259 g/mol. The Kier molecular flexibility index (Phi) is 4.02. The van der Waals surface area contributed by atoms with Gasteiger partial charge in [0.2, 0.25) is 0 Å². The van der Waals surface area contributed by atoms with Crippen LogP contribution in [-0.4, -0.2) is 25.8 Å². The normalized spacial score (nSPS) is 10.3. The Balaban J connectivity index is 2.20. The largest absolute Gasteiger partial charge is 0.481 e. The standard InChI is InChI=1S/C13H13N3O3/c17-12-6-5-11(10-3-1-7-14-9-10)15-16(12)8-2-4-13(18)19/h1,3,5-7,9H,2,4,8H2,(H,18,19). The number of aromatic nitrogens is 3. The van der Waals surface area contributed by atoms with Crippen molar-refractivity contribution in [3.63, 3.8) is 0 Å². The summed E-state index contributed by atoms with van der Waals surface area (Å²) < 4.78 is 1.28. The van der Waals surface area contributed by atoms with Gasteiger partial charge in [-0.15, -0.1) is 0 Å². The zero-order valence-electron chi connectivity index (χ0n) is 10.2. The molecular formula is C13H13N3O3. The summed E-state index contributed by atoms with van der Waals surface area (Å²) in [4.78, 5) is 26.1. The van der Waals surface area contributed by atoms with Gasteiger partial charge in [-0.05, 0) is 24.6 Å². The zero-order valence-corrected chi connectivity index (χ0v) is 10.2. The van der Waals surface area contributed by atoms with Crippen molar-refractivity contribution in [3.05, 3.63) is 47.0 Å². The molecule has 0 aromatic carbocycles. The Bertz CT molecular complexity index is 623. The van der Waals surface area contributed by atoms with Gasteiger partial charge in [0.05, 0.1) is 5.69 Å². The molecule has 6 heteroatoms. The molecule has 0 aliphatic heterocycles. The molecule has 98 valence electrons. The summed E-state index contributed by atoms with van der Waals surface area (Å²) >= 11 is 0. The highest BCUT2D eigenvalue weighted by Crippen LogP contribution is 2.12. The minimum Gasteiger partial charge on any atom is -0.481 e. The Hall–Kier alpha value is -2.50. The van der Waals surface area contributed by atoms with Gasteiger partial charge < -0.3 is 5.11 Å². The second-order valence-electron chi connectivity index (χ2n) is 4.02. The Morgan fingerprint density at radius 3 is 2.84 bits per heavy atom. The molecule has 2 aromatic heterocycles. The van der Waals surface area contributed by atoms with Crippen LogP contribution in [0.2, 0.25) is 0 Å². The summed E-state index contributed by atoms with van der Waals surface area (Å²) in [5.74, 6) is -0.878. The first kappa shape index (κ1) is 12.9. The van der Waals surface area contributed by atoms with Crippen molar-refractivity contribution in [2.24, 2.45) is 0 Å². The van der Waals surface area contributed by atoms with E-state index in [2.05, 4.69) is 10.1 Å². The molecule has 0 aliphatic carbocycles. The van der Waals surface area contributed by atoms with E-state index in [0.29, 0.717) is 18.7 Å². The van der Waals surface area contributed by atoms with Crippen LogP contribution >= 0.6 is 0 Å². The molecule has 0 saturated heterocycles. The lowest BCUT2D eigenvalue weighted by atomic mass is 10.2. The first-order valence-corrected chi connectivity index (χ1v) is 5.87. The molecule has 0 unspecified atom stereocenters. The van der Waals surface area contributed by atoms with Gasteiger partial charge in [-0.3, -0.25) is 14.6 Å². The number of aryl methyl sites for hydroxylation is 1. The Labute approximate surface area is 109 Å². The summed E-state index contributed by atoms with van der Waals surface area (Å²) in [6, 6.07) is 6.70. The van der Waals surface area contributed by atoms with Crippen LogP contribution in [0.25, 0.3) is 11.3 Å². The molecule has 0 fully saturated rings. The van der Waals surface area contributed by atoms with Crippen LogP contribution in [-0.2, 0) is 11.3 Å². The molecule has 6 nitrogen and oxygen atoms in total. The second kappa shape index (κ2) is 5.90. The predicted octanol–water partition coefficient (Wildman–Crippen LogP) is 1.17. The molecule has 19 heavy (non-hydrogen) atoms. The van der Waals surface area contributed by atoms with E-state index in [-0.39, 0.29) is 12.0 Å². The van der Waals surface area contributed by atoms with E-state index in [1.165, 1.54) is 10.7 Å². The smallest absolute Gasteiger partial charge is 0.303 e. The van der Waals surface area contributed by atoms with Crippen LogP contribution in [0.3, 0.4) is 0 Å². The SMILES string of the molecule is O=C(O)CCCn1nc(-c2cccnc2)ccc1=O. The van der Waals surface area contributed by atoms with Crippen molar-refractivity contribution in [1.29, 1.82) is 0 Å². The fraction of sp³-hybridized carbons (Fsp3) is 0.231. The topological polar surface area (TPSA) is 85.1 Å². The zero-order chi connectivity index (χ0) is 13.7. The number of carbonyl (C=O) groups is 1. The summed E-state index contributed by atoms with van der Waals surface area (Å²) in [6.07, 6.45) is 3.71. The van der Waals surface area contributed by atoms with Gasteiger partial charge >= 0.3 is 5.97 Å². The van der Waals surface area contributed by atoms with E-state index >= 15 is 0 Å². The number of nitrogens with zero attached hydrogens (tertiary/aromatic N) is 3. The molecule has 2 aromatic rings. The number of carboxylic acids is 1. The van der Waals surface area contributed by atoms with Crippen LogP contribution in [0.4, 0.5) is 0 Å². The van der Waals surface area contributed by atoms with E-state index in [1.54, 1.807) is 24.5 Å². The minimum absolute atomic E-state index is 0.0191. The Morgan fingerprint density at radius 2 is 2.16 bits per heavy atom. The van der Waals surface area contributed by atoms with E-state index in [4.69, 9.17) is 5.11 Å². The molecular weight excluding hydrogens is 246 g/mol. The van der Waals surface area contributed by atoms with Crippen LogP contribution in [0.15, 0.2) is 41.5 Å². The third-order valence-corrected chi connectivity index (χ3v) is 2.58. The molecule has 0 bridgehead atoms. The van der Waals surface area contributed by atoms with Crippen LogP contribution in [0.5, 0.6) is 0 Å². The summed E-state index contributed by atoms with van der Waals surface area (Å²) in [7, 11) is 0. The number of pyridine rings is 1. The maximum absolute atomic E-state index is 11.6. The van der Waals surface area contributed by atoms with Gasteiger partial charge in [0.1, 0.15) is 0 Å². The fourth-order valence-electron chi connectivity index (χ4n) is 1.66. The third kappa shape index (κ3) is 3.48. The van der Waals surface area contributed by atoms with Gasteiger partial charge in [0.25, 0.3) is 5.56 Å². The molecule has 2 heterocycles. The van der Waals surface area contributed by atoms with Gasteiger partial charge in [0, 0.05) is 37.0 Å². The highest BCUT2D eigenvalue weighted by atomic mass is 16.4. The van der Waals surface area contributed by atoms with Gasteiger partial charge in [-0.1, -0.05) is 0 Å². The number of rotatable bonds is 5. The van der Waals surface area contributed by atoms with E-state index in [0.717, 1.165) is 5.56 Å². The average Bonchev–Trinajstić information content (AvgIpc) is 2.41. The maximum atomic E-state index is 11.6. The number of aliphatic carboxylic acids is 1. The summed E-state index contributed by atoms with van der Waals surface area (Å²) in [5.41, 5.74) is 1.22. The van der Waals surface area contributed by atoms with Crippen molar-refractivity contribution in [2.45, 2.75) is 19.4 Å². The highest BCUT2D eigenvalue weighted by molar-refractivity contribution is 5.66. The molecule has 0 spiro atoms. The lowest BCUT2D eigenvalue weighted by Gasteiger charge is -2.06. The molecule has 0 aliphatic rings. The number of hydrogen-bond donors (Lipinski definition) is 1. The number of hydrogen-bond acceptors (Lipinski definition) is 4. The molecule has 0 saturated carbocycles. The van der Waals surface area contributed by atoms with E-state index in [1.807, 2.05) is 6.07 Å². The molecule has 2 rings (SSSR count). The fourth-order valence-corrected chi connectivity index (χ4v) is 1.66. The first-order chi connectivity index (χ1) is 9.16. The summed E-state index contributed by atoms with van der Waals surface area (Å²) in [5, 5.41) is 12.8. The molecule has 0 radical (unpaired) electrons. The van der Waals surface area contributed by atoms with Gasteiger partial charge in [0.15, 0.2) is 0 Å². The summed E-state index contributed by atoms with van der Waals surface area (Å²) in [6.45, 7) is 0.291. The van der Waals surface area contributed by atoms with Crippen LogP contribution < -0.4 is 5.56 Å². The van der Waals surface area contributed by atoms with Crippen molar-refractivity contribution in [2.75, 3.05) is 0 Å². The predicted molar refractivity (Wildman–Crippen MR) is 68.6 cm³/mol. The van der Waals surface area contributed by atoms with E-state index in [9.17, 15) is 9.59 Å². The van der Waals surface area contributed by atoms with Crippen molar-refractivity contribution in [1.82, 2.24) is 14.8 Å². The molecule has 0 atom stereocenters. The Morgan fingerprint density at radius 1 is 1.32 bits per heavy atom. The van der Waals surface area contributed by atoms with Crippen molar-refractivity contribution in [3.8, 4) is 11.3 Å². The molecule has 0 amide bonds. The van der Waals surface area contributed by atoms with Crippen molar-refractivity contribution < 1.29 is 9.90 Å². The number of carboxylic acid groups (broad SMARTS) is 1. The maximum Gasteiger partial charge on any atom is 0.303 e. The van der Waals surface area contributed by atoms with Crippen LogP contribution in [0, 0.1) is 0 Å². The van der Waals surface area contributed by atoms with Gasteiger partial charge in [-0.25, -0.2) is 4.68 Å². The quantitative estimate of drug-likeness (QED) is 0.871. The second-order valence-corrected chi connectivity index (χ2v) is 4.02. The van der Waals surface area contributed by atoms with Crippen LogP contribution in [0.1, 0.15) is 12.8 Å². The lowest BCUT2D eigenvalue weighted by Crippen LogP contribution is -2.22. The lowest BCUT2D eigenvalue weighted by molar-refractivity contribution is -0.137. The molecule has 1 N–H and O–H groups in total. The van der Waals surface area contributed by atoms with E-state index < -0.39 is 5.97 Å². The van der Waals surface area contributed by atoms with Gasteiger partial charge in [-0.2, -0.15) is 5.10 Å². The minimum atomic E-state index is -0.878. The average molecular weight is 259 g/mol. The first-order valence-electron chi connectivity index (χ1n) is 5.87. The highest BCUT2D eigenvalue weighted by Gasteiger charge is 2.04. The van der Waals surface area contributed by atoms with Crippen molar-refractivity contribution >= 4 is 5.97 Å². The third-order valence-electron chi connectivity index (χ3n) is 2.58.